The van der Waals surface area contributed by atoms with Gasteiger partial charge in [0.05, 0.1) is 17.3 Å². The van der Waals surface area contributed by atoms with Crippen molar-refractivity contribution in [3.8, 4) is 11.1 Å². The van der Waals surface area contributed by atoms with Crippen molar-refractivity contribution in [3.63, 3.8) is 0 Å². The van der Waals surface area contributed by atoms with E-state index in [0.29, 0.717) is 34.7 Å². The van der Waals surface area contributed by atoms with Gasteiger partial charge in [-0.2, -0.15) is 5.10 Å². The molecule has 1 aromatic heterocycles. The first-order valence-corrected chi connectivity index (χ1v) is 12.3. The van der Waals surface area contributed by atoms with E-state index in [1.54, 1.807) is 11.1 Å². The molecule has 1 unspecified atom stereocenters. The quantitative estimate of drug-likeness (QED) is 0.352. The van der Waals surface area contributed by atoms with E-state index < -0.39 is 0 Å². The van der Waals surface area contributed by atoms with Crippen molar-refractivity contribution < 1.29 is 4.79 Å². The van der Waals surface area contributed by atoms with Crippen molar-refractivity contribution in [2.45, 2.75) is 39.2 Å². The molecule has 1 N–H and O–H groups in total. The van der Waals surface area contributed by atoms with E-state index in [4.69, 9.17) is 16.7 Å². The average Bonchev–Trinajstić information content (AvgIpc) is 3.33. The number of nitrogens with zero attached hydrogens (tertiary/aromatic N) is 2. The van der Waals surface area contributed by atoms with E-state index in [9.17, 15) is 9.59 Å². The molecule has 0 fully saturated rings. The van der Waals surface area contributed by atoms with Crippen LogP contribution in [-0.4, -0.2) is 21.6 Å². The van der Waals surface area contributed by atoms with Crippen LogP contribution in [0.1, 0.15) is 49.4 Å². The Balaban J connectivity index is 1.71. The van der Waals surface area contributed by atoms with E-state index in [2.05, 4.69) is 36.2 Å². The number of carbonyl (C=O) groups is 1. The third-order valence-electron chi connectivity index (χ3n) is 6.57. The summed E-state index contributed by atoms with van der Waals surface area (Å²) in [6.45, 7) is 3.94. The van der Waals surface area contributed by atoms with Gasteiger partial charge in [0.25, 0.3) is 5.56 Å². The largest absolute Gasteiger partial charge is 0.321 e. The number of halogens is 1. The van der Waals surface area contributed by atoms with E-state index in [1.807, 2.05) is 49.4 Å². The van der Waals surface area contributed by atoms with Crippen molar-refractivity contribution in [1.82, 2.24) is 9.99 Å². The van der Waals surface area contributed by atoms with Crippen molar-refractivity contribution in [2.24, 2.45) is 5.10 Å². The number of hydrogen-bond donors (Lipinski definition) is 1. The van der Waals surface area contributed by atoms with Crippen LogP contribution < -0.4 is 5.56 Å². The molecule has 35 heavy (non-hydrogen) atoms. The molecule has 0 radical (unpaired) electrons. The number of hydrogen-bond acceptors (Lipinski definition) is 3. The third kappa shape index (κ3) is 4.28. The Labute approximate surface area is 209 Å². The topological polar surface area (TPSA) is 65.5 Å². The summed E-state index contributed by atoms with van der Waals surface area (Å²) in [7, 11) is 0. The Morgan fingerprint density at radius 2 is 1.77 bits per heavy atom. The highest BCUT2D eigenvalue weighted by Gasteiger charge is 2.34. The van der Waals surface area contributed by atoms with Gasteiger partial charge in [-0.25, -0.2) is 5.01 Å². The summed E-state index contributed by atoms with van der Waals surface area (Å²) in [6.07, 6.45) is 1.72. The Bertz CT molecular complexity index is 1490. The number of fused-ring (bicyclic) bond motifs is 1. The second-order valence-corrected chi connectivity index (χ2v) is 9.15. The summed E-state index contributed by atoms with van der Waals surface area (Å²) >= 11 is 6.37. The third-order valence-corrected chi connectivity index (χ3v) is 6.80. The van der Waals surface area contributed by atoms with Gasteiger partial charge in [-0.05, 0) is 41.3 Å². The number of nitrogens with one attached hydrogen (secondary N) is 1. The molecular formula is C29H26ClN3O2. The minimum absolute atomic E-state index is 0.0777. The van der Waals surface area contributed by atoms with Crippen molar-refractivity contribution in [2.75, 3.05) is 0 Å². The lowest BCUT2D eigenvalue weighted by molar-refractivity contribution is -0.132. The van der Waals surface area contributed by atoms with Crippen LogP contribution in [0, 0.1) is 0 Å². The van der Waals surface area contributed by atoms with E-state index in [0.717, 1.165) is 28.5 Å². The van der Waals surface area contributed by atoms with Crippen LogP contribution in [-0.2, 0) is 11.2 Å². The number of hydrazone groups is 1. The van der Waals surface area contributed by atoms with Gasteiger partial charge >= 0.3 is 0 Å². The van der Waals surface area contributed by atoms with Crippen LogP contribution >= 0.6 is 11.6 Å². The summed E-state index contributed by atoms with van der Waals surface area (Å²) in [5.74, 6) is -0.0777. The summed E-state index contributed by atoms with van der Waals surface area (Å²) in [5, 5.41) is 7.72. The molecule has 1 aliphatic heterocycles. The zero-order valence-corrected chi connectivity index (χ0v) is 20.5. The molecule has 0 saturated heterocycles. The number of rotatable bonds is 5. The Kier molecular flexibility index (Phi) is 6.27. The number of aromatic amines is 1. The van der Waals surface area contributed by atoms with E-state index in [1.165, 1.54) is 5.56 Å². The highest BCUT2D eigenvalue weighted by molar-refractivity contribution is 6.31. The van der Waals surface area contributed by atoms with Crippen molar-refractivity contribution in [1.29, 1.82) is 0 Å². The molecule has 6 heteroatoms. The number of aromatic nitrogens is 1. The molecule has 1 atom stereocenters. The number of pyridine rings is 1. The molecule has 176 valence electrons. The van der Waals surface area contributed by atoms with Gasteiger partial charge < -0.3 is 4.98 Å². The minimum Gasteiger partial charge on any atom is -0.321 e. The summed E-state index contributed by atoms with van der Waals surface area (Å²) in [5.41, 5.74) is 5.45. The molecule has 0 aliphatic carbocycles. The van der Waals surface area contributed by atoms with E-state index >= 15 is 0 Å². The van der Waals surface area contributed by atoms with Crippen LogP contribution in [0.25, 0.3) is 22.0 Å². The monoisotopic (exact) mass is 483 g/mol. The summed E-state index contributed by atoms with van der Waals surface area (Å²) in [6, 6.07) is 23.2. The summed E-state index contributed by atoms with van der Waals surface area (Å²) < 4.78 is 0. The van der Waals surface area contributed by atoms with Crippen LogP contribution in [0.3, 0.4) is 0 Å². The first-order valence-electron chi connectivity index (χ1n) is 11.9. The molecule has 2 heterocycles. The smallest absolute Gasteiger partial charge is 0.258 e. The molecule has 0 spiro atoms. The lowest BCUT2D eigenvalue weighted by Gasteiger charge is -2.21. The first kappa shape index (κ1) is 23.1. The fourth-order valence-electron chi connectivity index (χ4n) is 4.73. The molecule has 0 saturated carbocycles. The summed E-state index contributed by atoms with van der Waals surface area (Å²) in [4.78, 5) is 29.4. The van der Waals surface area contributed by atoms with E-state index in [-0.39, 0.29) is 17.5 Å². The first-order chi connectivity index (χ1) is 17.0. The van der Waals surface area contributed by atoms with Gasteiger partial charge in [-0.15, -0.1) is 0 Å². The molecule has 5 rings (SSSR count). The van der Waals surface area contributed by atoms with Gasteiger partial charge in [0.15, 0.2) is 0 Å². The maximum absolute atomic E-state index is 13.5. The molecular weight excluding hydrogens is 458 g/mol. The molecule has 5 nitrogen and oxygen atoms in total. The predicted molar refractivity (Wildman–Crippen MR) is 142 cm³/mol. The van der Waals surface area contributed by atoms with Gasteiger partial charge in [0.1, 0.15) is 0 Å². The number of carbonyl (C=O) groups excluding carboxylic acids is 1. The lowest BCUT2D eigenvalue weighted by atomic mass is 9.91. The van der Waals surface area contributed by atoms with Crippen LogP contribution in [0.15, 0.2) is 82.7 Å². The molecule has 0 bridgehead atoms. The fraction of sp³-hybridized carbons (Fsp3) is 0.207. The van der Waals surface area contributed by atoms with Gasteiger partial charge in [-0.1, -0.05) is 80.0 Å². The SMILES string of the molecule is CCC(=O)N1N=C(c2c(-c3ccccc3)c3cc(Cl)ccc3[nH]c2=O)CC1c1ccc(CC)cc1. The predicted octanol–water partition coefficient (Wildman–Crippen LogP) is 6.50. The zero-order chi connectivity index (χ0) is 24.5. The molecule has 4 aromatic rings. The highest BCUT2D eigenvalue weighted by Crippen LogP contribution is 2.37. The van der Waals surface area contributed by atoms with Crippen molar-refractivity contribution in [3.05, 3.63) is 105 Å². The minimum atomic E-state index is -0.263. The van der Waals surface area contributed by atoms with Gasteiger partial charge in [0, 0.05) is 34.3 Å². The fourth-order valence-corrected chi connectivity index (χ4v) is 4.91. The van der Waals surface area contributed by atoms with Crippen LogP contribution in [0.2, 0.25) is 5.02 Å². The Hall–Kier alpha value is -3.70. The Morgan fingerprint density at radius 3 is 2.46 bits per heavy atom. The average molecular weight is 484 g/mol. The molecule has 1 aliphatic rings. The Morgan fingerprint density at radius 1 is 1.03 bits per heavy atom. The number of benzene rings is 3. The highest BCUT2D eigenvalue weighted by atomic mass is 35.5. The van der Waals surface area contributed by atoms with Gasteiger partial charge in [0.2, 0.25) is 5.91 Å². The maximum Gasteiger partial charge on any atom is 0.258 e. The van der Waals surface area contributed by atoms with Crippen molar-refractivity contribution >= 4 is 34.1 Å². The standard InChI is InChI=1S/C29H26ClN3O2/c1-3-18-10-12-19(13-11-18)25-17-24(32-33(25)26(34)4-2)28-27(20-8-6-5-7-9-20)22-16-21(30)14-15-23(22)31-29(28)35/h5-16,25H,3-4,17H2,1-2H3,(H,31,35). The van der Waals surface area contributed by atoms with Gasteiger partial charge in [-0.3, -0.25) is 9.59 Å². The number of amides is 1. The lowest BCUT2D eigenvalue weighted by Crippen LogP contribution is -2.26. The second kappa shape index (κ2) is 9.51. The van der Waals surface area contributed by atoms with Crippen LogP contribution in [0.4, 0.5) is 0 Å². The maximum atomic E-state index is 13.5. The zero-order valence-electron chi connectivity index (χ0n) is 19.7. The van der Waals surface area contributed by atoms with Crippen LogP contribution in [0.5, 0.6) is 0 Å². The molecule has 1 amide bonds. The number of H-pyrrole nitrogens is 1. The molecule has 3 aromatic carbocycles. The second-order valence-electron chi connectivity index (χ2n) is 8.71. The normalized spacial score (nSPS) is 15.5. The number of aryl methyl sites for hydroxylation is 1.